The molecule has 0 N–H and O–H groups in total. The molecule has 0 bridgehead atoms. The molecule has 0 heterocycles. The van der Waals surface area contributed by atoms with Crippen molar-refractivity contribution in [3.05, 3.63) is 11.8 Å². The molecule has 0 aromatic carbocycles. The lowest BCUT2D eigenvalue weighted by Gasteiger charge is -2.25. The second kappa shape index (κ2) is 7.84. The van der Waals surface area contributed by atoms with Gasteiger partial charge in [-0.05, 0) is 33.3 Å². The third-order valence-corrected chi connectivity index (χ3v) is 5.35. The Bertz CT molecular complexity index is 206. The highest BCUT2D eigenvalue weighted by Crippen LogP contribution is 2.18. The van der Waals surface area contributed by atoms with Crippen molar-refractivity contribution in [2.75, 3.05) is 21.3 Å². The molecule has 4 nitrogen and oxygen atoms in total. The Balaban J connectivity index is 4.11. The highest BCUT2D eigenvalue weighted by atomic mass is 28.4. The van der Waals surface area contributed by atoms with Crippen LogP contribution >= 0.6 is 0 Å². The van der Waals surface area contributed by atoms with E-state index in [9.17, 15) is 0 Å². The van der Waals surface area contributed by atoms with E-state index >= 15 is 0 Å². The quantitative estimate of drug-likeness (QED) is 0.489. The molecule has 0 aliphatic heterocycles. The fraction of sp³-hybridized carbons (Fsp3) is 0.818. The Hall–Kier alpha value is -0.363. The summed E-state index contributed by atoms with van der Waals surface area (Å²) >= 11 is 0. The minimum Gasteiger partial charge on any atom is -0.496 e. The van der Waals surface area contributed by atoms with Gasteiger partial charge in [0, 0.05) is 27.4 Å². The molecule has 1 atom stereocenters. The largest absolute Gasteiger partial charge is 0.500 e. The van der Waals surface area contributed by atoms with E-state index in [4.69, 9.17) is 18.0 Å². The summed E-state index contributed by atoms with van der Waals surface area (Å²) in [7, 11) is 2.44. The van der Waals surface area contributed by atoms with Crippen molar-refractivity contribution in [1.29, 1.82) is 0 Å². The van der Waals surface area contributed by atoms with Gasteiger partial charge >= 0.3 is 8.80 Å². The molecule has 0 saturated carbocycles. The maximum absolute atomic E-state index is 5.65. The summed E-state index contributed by atoms with van der Waals surface area (Å²) in [6.45, 7) is 5.94. The molecule has 0 amide bonds. The summed E-state index contributed by atoms with van der Waals surface area (Å²) in [6.07, 6.45) is 2.94. The van der Waals surface area contributed by atoms with Crippen molar-refractivity contribution < 1.29 is 18.0 Å². The van der Waals surface area contributed by atoms with Gasteiger partial charge in [-0.1, -0.05) is 0 Å². The minimum atomic E-state index is -2.44. The summed E-state index contributed by atoms with van der Waals surface area (Å²) in [6, 6.07) is 0.759. The highest BCUT2D eigenvalue weighted by molar-refractivity contribution is 6.60. The van der Waals surface area contributed by atoms with Crippen LogP contribution in [0.4, 0.5) is 0 Å². The van der Waals surface area contributed by atoms with Crippen LogP contribution in [0.3, 0.4) is 0 Å². The Labute approximate surface area is 99.9 Å². The van der Waals surface area contributed by atoms with Crippen LogP contribution in [0.15, 0.2) is 11.8 Å². The summed E-state index contributed by atoms with van der Waals surface area (Å²) in [5.74, 6) is 0.937. The predicted molar refractivity (Wildman–Crippen MR) is 66.2 cm³/mol. The van der Waals surface area contributed by atoms with Crippen LogP contribution in [0, 0.1) is 0 Å². The molecule has 0 rings (SSSR count). The molecule has 0 saturated heterocycles. The van der Waals surface area contributed by atoms with Crippen LogP contribution in [0.5, 0.6) is 0 Å². The number of hydrogen-bond donors (Lipinski definition) is 0. The maximum atomic E-state index is 5.65. The Kier molecular flexibility index (Phi) is 7.66. The van der Waals surface area contributed by atoms with E-state index in [0.29, 0.717) is 0 Å². The number of rotatable bonds is 8. The van der Waals surface area contributed by atoms with E-state index in [2.05, 4.69) is 0 Å². The zero-order valence-corrected chi connectivity index (χ0v) is 12.2. The van der Waals surface area contributed by atoms with E-state index < -0.39 is 8.80 Å². The average molecular weight is 248 g/mol. The van der Waals surface area contributed by atoms with Crippen LogP contribution < -0.4 is 0 Å². The first-order valence-electron chi connectivity index (χ1n) is 5.48. The van der Waals surface area contributed by atoms with Gasteiger partial charge < -0.3 is 18.0 Å². The Morgan fingerprint density at radius 2 is 1.69 bits per heavy atom. The van der Waals surface area contributed by atoms with Crippen LogP contribution in [0.1, 0.15) is 27.2 Å². The van der Waals surface area contributed by atoms with E-state index in [1.165, 1.54) is 0 Å². The van der Waals surface area contributed by atoms with Crippen molar-refractivity contribution in [2.24, 2.45) is 0 Å². The number of ether oxygens (including phenoxy) is 1. The SMILES string of the molecule is C/C=C(/C)OC(C)CC[Si](OC)(OC)OC. The topological polar surface area (TPSA) is 36.9 Å². The van der Waals surface area contributed by atoms with Crippen molar-refractivity contribution in [2.45, 2.75) is 39.3 Å². The zero-order chi connectivity index (χ0) is 12.6. The summed E-state index contributed by atoms with van der Waals surface area (Å²) in [4.78, 5) is 0. The molecule has 5 heteroatoms. The van der Waals surface area contributed by atoms with Crippen molar-refractivity contribution in [3.8, 4) is 0 Å². The van der Waals surface area contributed by atoms with Crippen molar-refractivity contribution in [3.63, 3.8) is 0 Å². The Morgan fingerprint density at radius 1 is 1.19 bits per heavy atom. The fourth-order valence-corrected chi connectivity index (χ4v) is 3.25. The first kappa shape index (κ1) is 15.6. The predicted octanol–water partition coefficient (Wildman–Crippen LogP) is 2.58. The molecule has 0 aliphatic carbocycles. The van der Waals surface area contributed by atoms with Gasteiger partial charge in [0.2, 0.25) is 0 Å². The number of allylic oxidation sites excluding steroid dienone is 2. The maximum Gasteiger partial charge on any atom is 0.500 e. The van der Waals surface area contributed by atoms with E-state index in [0.717, 1.165) is 18.2 Å². The first-order valence-corrected chi connectivity index (χ1v) is 7.41. The lowest BCUT2D eigenvalue weighted by Crippen LogP contribution is -2.43. The number of hydrogen-bond acceptors (Lipinski definition) is 4. The molecular formula is C11H24O4Si. The van der Waals surface area contributed by atoms with Gasteiger partial charge in [-0.2, -0.15) is 0 Å². The molecule has 0 radical (unpaired) electrons. The monoisotopic (exact) mass is 248 g/mol. The molecule has 0 spiro atoms. The molecule has 0 aliphatic rings. The van der Waals surface area contributed by atoms with Crippen LogP contribution in [0.25, 0.3) is 0 Å². The molecule has 0 aromatic rings. The van der Waals surface area contributed by atoms with Gasteiger partial charge in [-0.15, -0.1) is 0 Å². The van der Waals surface area contributed by atoms with Crippen LogP contribution in [0.2, 0.25) is 6.04 Å². The lowest BCUT2D eigenvalue weighted by atomic mass is 10.3. The van der Waals surface area contributed by atoms with Gasteiger partial charge in [0.25, 0.3) is 0 Å². The van der Waals surface area contributed by atoms with Gasteiger partial charge in [-0.25, -0.2) is 0 Å². The second-order valence-electron chi connectivity index (χ2n) is 3.66. The third kappa shape index (κ3) is 5.11. The molecular weight excluding hydrogens is 224 g/mol. The minimum absolute atomic E-state index is 0.142. The van der Waals surface area contributed by atoms with Crippen LogP contribution in [-0.4, -0.2) is 36.2 Å². The fourth-order valence-electron chi connectivity index (χ4n) is 1.38. The normalized spacial score (nSPS) is 15.0. The molecule has 96 valence electrons. The van der Waals surface area contributed by atoms with Crippen molar-refractivity contribution >= 4 is 8.80 Å². The summed E-state index contributed by atoms with van der Waals surface area (Å²) in [5, 5.41) is 0. The van der Waals surface area contributed by atoms with Gasteiger partial charge in [0.15, 0.2) is 0 Å². The first-order chi connectivity index (χ1) is 7.53. The summed E-state index contributed by atoms with van der Waals surface area (Å²) in [5.41, 5.74) is 0. The zero-order valence-electron chi connectivity index (χ0n) is 11.2. The Morgan fingerprint density at radius 3 is 2.06 bits per heavy atom. The molecule has 1 unspecified atom stereocenters. The van der Waals surface area contributed by atoms with Gasteiger partial charge in [0.1, 0.15) is 0 Å². The van der Waals surface area contributed by atoms with Crippen LogP contribution in [-0.2, 0) is 18.0 Å². The van der Waals surface area contributed by atoms with E-state index in [1.807, 2.05) is 26.8 Å². The average Bonchev–Trinajstić information content (AvgIpc) is 2.31. The molecule has 0 fully saturated rings. The summed E-state index contributed by atoms with van der Waals surface area (Å²) < 4.78 is 21.7. The molecule has 0 aromatic heterocycles. The third-order valence-electron chi connectivity index (χ3n) is 2.58. The van der Waals surface area contributed by atoms with E-state index in [-0.39, 0.29) is 6.10 Å². The van der Waals surface area contributed by atoms with Gasteiger partial charge in [0.05, 0.1) is 11.9 Å². The molecule has 16 heavy (non-hydrogen) atoms. The van der Waals surface area contributed by atoms with Crippen molar-refractivity contribution in [1.82, 2.24) is 0 Å². The standard InChI is InChI=1S/C11H24O4Si/c1-7-10(2)15-11(3)8-9-16(12-4,13-5)14-6/h7,11H,8-9H2,1-6H3/b10-7-. The highest BCUT2D eigenvalue weighted by Gasteiger charge is 2.37. The van der Waals surface area contributed by atoms with E-state index in [1.54, 1.807) is 21.3 Å². The lowest BCUT2D eigenvalue weighted by molar-refractivity contribution is 0.100. The van der Waals surface area contributed by atoms with Gasteiger partial charge in [-0.3, -0.25) is 0 Å². The second-order valence-corrected chi connectivity index (χ2v) is 6.75. The smallest absolute Gasteiger partial charge is 0.496 e.